The Hall–Kier alpha value is -0.440. The van der Waals surface area contributed by atoms with Crippen LogP contribution in [0.1, 0.15) is 10.4 Å². The number of hydrogen-bond donors (Lipinski definition) is 2. The van der Waals surface area contributed by atoms with Crippen molar-refractivity contribution < 1.29 is 22.9 Å². The zero-order chi connectivity index (χ0) is 11.8. The van der Waals surface area contributed by atoms with Gasteiger partial charge in [0.05, 0.1) is 5.56 Å². The van der Waals surface area contributed by atoms with E-state index < -0.39 is 26.5 Å². The van der Waals surface area contributed by atoms with Crippen LogP contribution in [-0.2, 0) is 10.1 Å². The fraction of sp³-hybridized carbons (Fsp3) is 0. The second-order valence-corrected chi connectivity index (χ2v) is 5.64. The Balaban J connectivity index is 3.64. The largest absolute Gasteiger partial charge is 0.478 e. The second-order valence-electron chi connectivity index (χ2n) is 2.54. The Morgan fingerprint density at radius 2 is 1.67 bits per heavy atom. The minimum absolute atomic E-state index is 0.333. The average molecular weight is 360 g/mol. The highest BCUT2D eigenvalue weighted by Gasteiger charge is 2.21. The molecule has 1 rings (SSSR count). The minimum atomic E-state index is -4.55. The van der Waals surface area contributed by atoms with Gasteiger partial charge in [0.25, 0.3) is 10.1 Å². The minimum Gasteiger partial charge on any atom is -0.478 e. The molecule has 8 heteroatoms. The van der Waals surface area contributed by atoms with Gasteiger partial charge in [0.15, 0.2) is 0 Å². The van der Waals surface area contributed by atoms with Crippen LogP contribution >= 0.6 is 31.9 Å². The first-order chi connectivity index (χ1) is 6.73. The van der Waals surface area contributed by atoms with Gasteiger partial charge in [-0.25, -0.2) is 4.79 Å². The summed E-state index contributed by atoms with van der Waals surface area (Å²) in [5, 5.41) is 8.73. The maximum Gasteiger partial charge on any atom is 0.337 e. The lowest BCUT2D eigenvalue weighted by Gasteiger charge is -2.05. The highest BCUT2D eigenvalue weighted by Crippen LogP contribution is 2.29. The molecule has 0 bridgehead atoms. The second kappa shape index (κ2) is 4.20. The van der Waals surface area contributed by atoms with Gasteiger partial charge in [-0.15, -0.1) is 0 Å². The molecule has 82 valence electrons. The van der Waals surface area contributed by atoms with Crippen LogP contribution in [0.5, 0.6) is 0 Å². The van der Waals surface area contributed by atoms with E-state index in [-0.39, 0.29) is 0 Å². The molecule has 0 fully saturated rings. The molecule has 1 aromatic rings. The molecule has 0 spiro atoms. The molecule has 0 aliphatic heterocycles. The van der Waals surface area contributed by atoms with Crippen LogP contribution in [0.2, 0.25) is 0 Å². The van der Waals surface area contributed by atoms with Crippen LogP contribution in [0.3, 0.4) is 0 Å². The van der Waals surface area contributed by atoms with E-state index >= 15 is 0 Å². The van der Waals surface area contributed by atoms with Crippen molar-refractivity contribution >= 4 is 47.9 Å². The van der Waals surface area contributed by atoms with Crippen molar-refractivity contribution in [1.82, 2.24) is 0 Å². The molecule has 0 aliphatic rings. The predicted octanol–water partition coefficient (Wildman–Crippen LogP) is 2.16. The number of halogens is 2. The van der Waals surface area contributed by atoms with Gasteiger partial charge in [-0.1, -0.05) is 0 Å². The first-order valence-corrected chi connectivity index (χ1v) is 6.46. The molecule has 0 aromatic heterocycles. The molecule has 0 radical (unpaired) electrons. The Morgan fingerprint density at radius 3 is 2.07 bits per heavy atom. The van der Waals surface area contributed by atoms with Gasteiger partial charge in [-0.05, 0) is 44.0 Å². The molecular formula is C7H4Br2O5S. The van der Waals surface area contributed by atoms with Crippen molar-refractivity contribution in [3.8, 4) is 0 Å². The Bertz CT molecular complexity index is 522. The quantitative estimate of drug-likeness (QED) is 0.789. The van der Waals surface area contributed by atoms with Crippen molar-refractivity contribution in [3.05, 3.63) is 26.6 Å². The first-order valence-electron chi connectivity index (χ1n) is 3.43. The smallest absolute Gasteiger partial charge is 0.337 e. The van der Waals surface area contributed by atoms with Gasteiger partial charge >= 0.3 is 5.97 Å². The van der Waals surface area contributed by atoms with E-state index in [0.717, 1.165) is 12.1 Å². The summed E-state index contributed by atoms with van der Waals surface area (Å²) in [6.07, 6.45) is 0. The van der Waals surface area contributed by atoms with Gasteiger partial charge in [-0.3, -0.25) is 4.55 Å². The van der Waals surface area contributed by atoms with Crippen LogP contribution in [-0.4, -0.2) is 24.0 Å². The highest BCUT2D eigenvalue weighted by atomic mass is 79.9. The van der Waals surface area contributed by atoms with E-state index in [1.165, 1.54) is 0 Å². The molecule has 0 heterocycles. The molecule has 1 aromatic carbocycles. The Kier molecular flexibility index (Phi) is 3.54. The van der Waals surface area contributed by atoms with E-state index in [4.69, 9.17) is 9.66 Å². The Morgan fingerprint density at radius 1 is 1.20 bits per heavy atom. The van der Waals surface area contributed by atoms with Crippen LogP contribution in [0.25, 0.3) is 0 Å². The third-order valence-corrected chi connectivity index (χ3v) is 4.27. The van der Waals surface area contributed by atoms with Crippen molar-refractivity contribution in [2.45, 2.75) is 4.90 Å². The lowest BCUT2D eigenvalue weighted by Crippen LogP contribution is -2.08. The summed E-state index contributed by atoms with van der Waals surface area (Å²) >= 11 is 6.04. The predicted molar refractivity (Wildman–Crippen MR) is 58.6 cm³/mol. The van der Waals surface area contributed by atoms with Gasteiger partial charge in [-0.2, -0.15) is 8.42 Å². The normalized spacial score (nSPS) is 11.4. The summed E-state index contributed by atoms with van der Waals surface area (Å²) in [5.74, 6) is -1.43. The van der Waals surface area contributed by atoms with Crippen LogP contribution in [0, 0.1) is 0 Å². The number of rotatable bonds is 2. The van der Waals surface area contributed by atoms with E-state index in [1.807, 2.05) is 0 Å². The maximum absolute atomic E-state index is 10.9. The maximum atomic E-state index is 10.9. The van der Waals surface area contributed by atoms with Gasteiger partial charge in [0, 0.05) is 8.95 Å². The molecular weight excluding hydrogens is 356 g/mol. The van der Waals surface area contributed by atoms with Gasteiger partial charge < -0.3 is 5.11 Å². The molecule has 5 nitrogen and oxygen atoms in total. The molecule has 0 atom stereocenters. The third kappa shape index (κ3) is 2.77. The van der Waals surface area contributed by atoms with Gasteiger partial charge in [0.1, 0.15) is 4.90 Å². The first kappa shape index (κ1) is 12.6. The zero-order valence-corrected chi connectivity index (χ0v) is 10.9. The molecule has 0 saturated heterocycles. The SMILES string of the molecule is O=C(O)c1cc(Br)c(Br)cc1S(=O)(=O)O. The third-order valence-electron chi connectivity index (χ3n) is 1.53. The van der Waals surface area contributed by atoms with Crippen molar-refractivity contribution in [3.63, 3.8) is 0 Å². The van der Waals surface area contributed by atoms with Gasteiger partial charge in [0.2, 0.25) is 0 Å². The fourth-order valence-corrected chi connectivity index (χ4v) is 2.44. The number of carbonyl (C=O) groups is 1. The van der Waals surface area contributed by atoms with Crippen LogP contribution < -0.4 is 0 Å². The number of carboxylic acids is 1. The van der Waals surface area contributed by atoms with Crippen LogP contribution in [0.15, 0.2) is 26.0 Å². The number of carboxylic acid groups (broad SMARTS) is 1. The van der Waals surface area contributed by atoms with Crippen molar-refractivity contribution in [1.29, 1.82) is 0 Å². The molecule has 2 N–H and O–H groups in total. The Labute approximate surface area is 102 Å². The summed E-state index contributed by atoms with van der Waals surface area (Å²) in [4.78, 5) is 10.1. The summed E-state index contributed by atoms with van der Waals surface area (Å²) in [7, 11) is -4.55. The lowest BCUT2D eigenvalue weighted by molar-refractivity contribution is 0.0692. The number of benzene rings is 1. The van der Waals surface area contributed by atoms with E-state index in [1.54, 1.807) is 0 Å². The summed E-state index contributed by atoms with van der Waals surface area (Å²) in [6.45, 7) is 0. The summed E-state index contributed by atoms with van der Waals surface area (Å²) in [5.41, 5.74) is -0.493. The van der Waals surface area contributed by atoms with E-state index in [9.17, 15) is 13.2 Å². The van der Waals surface area contributed by atoms with Crippen molar-refractivity contribution in [2.75, 3.05) is 0 Å². The number of aromatic carboxylic acids is 1. The molecule has 0 amide bonds. The fourth-order valence-electron chi connectivity index (χ4n) is 0.909. The molecule has 15 heavy (non-hydrogen) atoms. The summed E-state index contributed by atoms with van der Waals surface area (Å²) < 4.78 is 31.3. The molecule has 0 saturated carbocycles. The van der Waals surface area contributed by atoms with Crippen LogP contribution in [0.4, 0.5) is 0 Å². The molecule has 0 aliphatic carbocycles. The highest BCUT2D eigenvalue weighted by molar-refractivity contribution is 9.13. The van der Waals surface area contributed by atoms with E-state index in [2.05, 4.69) is 31.9 Å². The average Bonchev–Trinajstić information content (AvgIpc) is 2.06. The standard InChI is InChI=1S/C7H4Br2O5S/c8-4-1-3(7(10)11)6(2-5(4)9)15(12,13)14/h1-2H,(H,10,11)(H,12,13,14). The lowest BCUT2D eigenvalue weighted by atomic mass is 10.2. The zero-order valence-electron chi connectivity index (χ0n) is 6.94. The number of hydrogen-bond acceptors (Lipinski definition) is 3. The molecule has 0 unspecified atom stereocenters. The van der Waals surface area contributed by atoms with Crippen molar-refractivity contribution in [2.24, 2.45) is 0 Å². The summed E-state index contributed by atoms with van der Waals surface area (Å²) in [6, 6.07) is 2.11. The van der Waals surface area contributed by atoms with E-state index in [0.29, 0.717) is 8.95 Å². The monoisotopic (exact) mass is 358 g/mol. The topological polar surface area (TPSA) is 91.7 Å².